The van der Waals surface area contributed by atoms with Crippen LogP contribution in [0.4, 0.5) is 0 Å². The number of hydrogen-bond donors (Lipinski definition) is 2. The molecule has 1 fully saturated rings. The van der Waals surface area contributed by atoms with Gasteiger partial charge in [0.25, 0.3) is 0 Å². The fraction of sp³-hybridized carbons (Fsp3) is 0.700. The third kappa shape index (κ3) is 5.66. The molecule has 3 N–H and O–H groups in total. The quantitative estimate of drug-likeness (QED) is 0.664. The van der Waals surface area contributed by atoms with E-state index in [0.29, 0.717) is 35.3 Å². The summed E-state index contributed by atoms with van der Waals surface area (Å²) in [5.41, 5.74) is 1.17. The summed E-state index contributed by atoms with van der Waals surface area (Å²) in [7, 11) is 4.76. The van der Waals surface area contributed by atoms with Crippen molar-refractivity contribution in [2.45, 2.75) is 52.2 Å². The molecule has 1 aromatic rings. The van der Waals surface area contributed by atoms with Gasteiger partial charge in [-0.1, -0.05) is 20.8 Å². The van der Waals surface area contributed by atoms with Crippen LogP contribution in [0.1, 0.15) is 51.7 Å². The molecule has 3 unspecified atom stereocenters. The lowest BCUT2D eigenvalue weighted by Crippen LogP contribution is -3.00. The van der Waals surface area contributed by atoms with Gasteiger partial charge in [-0.25, -0.2) is 0 Å². The fourth-order valence-electron chi connectivity index (χ4n) is 4.35. The first-order chi connectivity index (χ1) is 11.8. The third-order valence-corrected chi connectivity index (χ3v) is 5.19. The Morgan fingerprint density at radius 1 is 1.12 bits per heavy atom. The Morgan fingerprint density at radius 2 is 1.69 bits per heavy atom. The first-order valence-electron chi connectivity index (χ1n) is 9.11. The Hall–Kier alpha value is -1.17. The van der Waals surface area contributed by atoms with Crippen LogP contribution in [0.15, 0.2) is 12.1 Å². The van der Waals surface area contributed by atoms with E-state index in [-0.39, 0.29) is 12.4 Å². The van der Waals surface area contributed by atoms with Gasteiger partial charge in [-0.15, -0.1) is 0 Å². The maximum Gasteiger partial charge on any atom is 0.203 e. The molecule has 26 heavy (non-hydrogen) atoms. The van der Waals surface area contributed by atoms with Crippen molar-refractivity contribution in [1.82, 2.24) is 0 Å². The Labute approximate surface area is 163 Å². The summed E-state index contributed by atoms with van der Waals surface area (Å²) in [5, 5.41) is 13.0. The minimum Gasteiger partial charge on any atom is -1.00 e. The molecule has 2 rings (SSSR count). The second kappa shape index (κ2) is 9.67. The van der Waals surface area contributed by atoms with Crippen LogP contribution in [0, 0.1) is 11.3 Å². The summed E-state index contributed by atoms with van der Waals surface area (Å²) in [6, 6.07) is 4.22. The molecule has 5 nitrogen and oxygen atoms in total. The van der Waals surface area contributed by atoms with Gasteiger partial charge in [0.2, 0.25) is 5.75 Å². The maximum atomic E-state index is 10.7. The summed E-state index contributed by atoms with van der Waals surface area (Å²) in [6.45, 7) is 7.65. The van der Waals surface area contributed by atoms with Crippen LogP contribution in [0.25, 0.3) is 0 Å². The van der Waals surface area contributed by atoms with Gasteiger partial charge < -0.3 is 37.0 Å². The van der Waals surface area contributed by atoms with Crippen molar-refractivity contribution in [3.05, 3.63) is 17.7 Å². The largest absolute Gasteiger partial charge is 1.00 e. The molecule has 0 amide bonds. The van der Waals surface area contributed by atoms with Gasteiger partial charge in [-0.05, 0) is 35.4 Å². The van der Waals surface area contributed by atoms with Gasteiger partial charge in [0.15, 0.2) is 11.5 Å². The zero-order valence-electron chi connectivity index (χ0n) is 16.8. The Kier molecular flexibility index (Phi) is 8.51. The first-order valence-corrected chi connectivity index (χ1v) is 9.11. The number of quaternary nitrogens is 1. The highest BCUT2D eigenvalue weighted by molar-refractivity contribution is 5.54. The third-order valence-electron chi connectivity index (χ3n) is 5.19. The fourth-order valence-corrected chi connectivity index (χ4v) is 4.35. The smallest absolute Gasteiger partial charge is 0.203 e. The molecule has 0 radical (unpaired) electrons. The lowest BCUT2D eigenvalue weighted by Gasteiger charge is -2.37. The van der Waals surface area contributed by atoms with E-state index in [1.54, 1.807) is 21.3 Å². The summed E-state index contributed by atoms with van der Waals surface area (Å²) < 4.78 is 16.1. The maximum absolute atomic E-state index is 10.7. The number of nitrogens with two attached hydrogens (primary N) is 1. The molecular formula is C20H34ClNO4. The van der Waals surface area contributed by atoms with Crippen molar-refractivity contribution in [3.8, 4) is 17.2 Å². The topological polar surface area (TPSA) is 64.5 Å². The predicted molar refractivity (Wildman–Crippen MR) is 98.4 cm³/mol. The Morgan fingerprint density at radius 3 is 2.15 bits per heavy atom. The lowest BCUT2D eigenvalue weighted by atomic mass is 9.70. The van der Waals surface area contributed by atoms with Crippen molar-refractivity contribution < 1.29 is 37.0 Å². The summed E-state index contributed by atoms with van der Waals surface area (Å²) in [6.07, 6.45) is 3.12. The monoisotopic (exact) mass is 387 g/mol. The molecule has 0 aliphatic heterocycles. The highest BCUT2D eigenvalue weighted by Gasteiger charge is 2.34. The first kappa shape index (κ1) is 22.9. The Balaban J connectivity index is 0.00000338. The van der Waals surface area contributed by atoms with Crippen molar-refractivity contribution in [3.63, 3.8) is 0 Å². The second-order valence-electron chi connectivity index (χ2n) is 8.12. The number of aliphatic hydroxyl groups is 1. The number of methoxy groups -OCH3 is 3. The number of rotatable bonds is 7. The predicted octanol–water partition coefficient (Wildman–Crippen LogP) is -0.472. The van der Waals surface area contributed by atoms with Crippen LogP contribution < -0.4 is 31.9 Å². The molecule has 0 spiro atoms. The molecule has 1 aliphatic carbocycles. The van der Waals surface area contributed by atoms with Crippen LogP contribution in [-0.4, -0.2) is 39.0 Å². The van der Waals surface area contributed by atoms with E-state index in [1.165, 1.54) is 19.3 Å². The highest BCUT2D eigenvalue weighted by atomic mass is 35.5. The van der Waals surface area contributed by atoms with Gasteiger partial charge in [0.1, 0.15) is 12.6 Å². The van der Waals surface area contributed by atoms with Gasteiger partial charge in [-0.2, -0.15) is 0 Å². The van der Waals surface area contributed by atoms with Gasteiger partial charge >= 0.3 is 0 Å². The van der Waals surface area contributed by atoms with Crippen molar-refractivity contribution >= 4 is 0 Å². The Bertz CT molecular complexity index is 554. The van der Waals surface area contributed by atoms with Crippen LogP contribution in [0.2, 0.25) is 0 Å². The molecule has 6 heteroatoms. The zero-order chi connectivity index (χ0) is 18.6. The van der Waals surface area contributed by atoms with Crippen molar-refractivity contribution in [2.24, 2.45) is 11.3 Å². The van der Waals surface area contributed by atoms with Gasteiger partial charge in [-0.3, -0.25) is 0 Å². The van der Waals surface area contributed by atoms with E-state index in [9.17, 15) is 5.11 Å². The molecule has 0 bridgehead atoms. The summed E-state index contributed by atoms with van der Waals surface area (Å²) >= 11 is 0. The van der Waals surface area contributed by atoms with Crippen LogP contribution in [0.5, 0.6) is 17.2 Å². The van der Waals surface area contributed by atoms with E-state index in [2.05, 4.69) is 26.1 Å². The van der Waals surface area contributed by atoms with E-state index in [4.69, 9.17) is 14.2 Å². The van der Waals surface area contributed by atoms with Crippen LogP contribution >= 0.6 is 0 Å². The molecule has 0 aromatic heterocycles. The molecule has 1 aliphatic rings. The number of ether oxygens (including phenoxy) is 3. The standard InChI is InChI=1S/C20H33NO4.ClH/c1-13-7-15(11-20(2,3)10-13)21-12-16(22)14-8-17(23-4)19(25-6)18(9-14)24-5;/h8-9,13,15-16,21-22H,7,10-12H2,1-6H3;1H. The molecule has 1 aromatic carbocycles. The lowest BCUT2D eigenvalue weighted by molar-refractivity contribution is -0.700. The molecule has 150 valence electrons. The zero-order valence-corrected chi connectivity index (χ0v) is 17.6. The molecule has 0 saturated heterocycles. The van der Waals surface area contributed by atoms with Crippen molar-refractivity contribution in [1.29, 1.82) is 0 Å². The molecule has 1 saturated carbocycles. The molecule has 0 heterocycles. The minimum atomic E-state index is -0.575. The number of halogens is 1. The van der Waals surface area contributed by atoms with Gasteiger partial charge in [0, 0.05) is 12.8 Å². The molecule has 3 atom stereocenters. The minimum absolute atomic E-state index is 0. The number of benzene rings is 1. The number of hydrogen-bond acceptors (Lipinski definition) is 4. The van der Waals surface area contributed by atoms with E-state index >= 15 is 0 Å². The van der Waals surface area contributed by atoms with Crippen molar-refractivity contribution in [2.75, 3.05) is 27.9 Å². The normalized spacial score (nSPS) is 22.9. The van der Waals surface area contributed by atoms with Gasteiger partial charge in [0.05, 0.1) is 27.4 Å². The average Bonchev–Trinajstić information content (AvgIpc) is 2.56. The van der Waals surface area contributed by atoms with E-state index < -0.39 is 6.10 Å². The van der Waals surface area contributed by atoms with E-state index in [1.807, 2.05) is 12.1 Å². The van der Waals surface area contributed by atoms with Crippen LogP contribution in [0.3, 0.4) is 0 Å². The highest BCUT2D eigenvalue weighted by Crippen LogP contribution is 2.40. The average molecular weight is 388 g/mol. The summed E-state index contributed by atoms with van der Waals surface area (Å²) in [4.78, 5) is 0. The van der Waals surface area contributed by atoms with Crippen LogP contribution in [-0.2, 0) is 0 Å². The SMILES string of the molecule is COc1cc(C(O)C[NH2+]C2CC(C)CC(C)(C)C2)cc(OC)c1OC.[Cl-]. The number of aliphatic hydroxyl groups excluding tert-OH is 1. The molecular weight excluding hydrogens is 354 g/mol. The van der Waals surface area contributed by atoms with E-state index in [0.717, 1.165) is 11.5 Å². The second-order valence-corrected chi connectivity index (χ2v) is 8.12. The summed E-state index contributed by atoms with van der Waals surface area (Å²) in [5.74, 6) is 2.43.